The molecule has 2 aromatic carbocycles. The van der Waals surface area contributed by atoms with Gasteiger partial charge in [0.1, 0.15) is 0 Å². The Hall–Kier alpha value is -1.92. The van der Waals surface area contributed by atoms with Crippen LogP contribution in [-0.2, 0) is 5.67 Å². The minimum atomic E-state index is -5.94. The number of rotatable bonds is 9. The second kappa shape index (κ2) is 11.6. The SMILES string of the molecule is CCSC[C@H](C)NC(=O)c1c(Cl)cccc1C(=O)Nc1ccc(C(F)(C(F)(F)F)C(F)(F)Br)cc1C. The van der Waals surface area contributed by atoms with E-state index in [1.807, 2.05) is 6.92 Å². The average Bonchev–Trinajstić information content (AvgIpc) is 2.76. The molecule has 1 unspecified atom stereocenters. The zero-order valence-electron chi connectivity index (χ0n) is 19.2. The highest BCUT2D eigenvalue weighted by Crippen LogP contribution is 2.55. The van der Waals surface area contributed by atoms with E-state index in [1.165, 1.54) is 41.1 Å². The van der Waals surface area contributed by atoms with E-state index in [-0.39, 0.29) is 33.4 Å². The molecule has 0 saturated heterocycles. The number of alkyl halides is 7. The number of carbonyl (C=O) groups is 2. The van der Waals surface area contributed by atoms with E-state index in [0.717, 1.165) is 11.8 Å². The quantitative estimate of drug-likeness (QED) is 0.226. The van der Waals surface area contributed by atoms with Crippen molar-refractivity contribution in [2.75, 3.05) is 16.8 Å². The standard InChI is InChI=1S/C23H22BrClF6N2O2S/c1-4-36-11-13(3)32-20(35)18-15(6-5-7-16(18)25)19(34)33-17-9-8-14(10-12(17)2)21(26,22(24,27)28)23(29,30)31/h5-10,13H,4,11H2,1-3H3,(H,32,35)(H,33,34)/t13-,21?/m0/s1. The van der Waals surface area contributed by atoms with Crippen molar-refractivity contribution in [3.63, 3.8) is 0 Å². The molecule has 36 heavy (non-hydrogen) atoms. The number of benzene rings is 2. The molecule has 2 atom stereocenters. The average molecular weight is 620 g/mol. The Morgan fingerprint density at radius 3 is 2.25 bits per heavy atom. The summed E-state index contributed by atoms with van der Waals surface area (Å²) < 4.78 is 81.7. The lowest BCUT2D eigenvalue weighted by Crippen LogP contribution is -2.49. The summed E-state index contributed by atoms with van der Waals surface area (Å²) in [6, 6.07) is 5.88. The van der Waals surface area contributed by atoms with Crippen LogP contribution >= 0.6 is 39.3 Å². The molecule has 198 valence electrons. The number of aryl methyl sites for hydroxylation is 1. The molecule has 2 amide bonds. The van der Waals surface area contributed by atoms with E-state index < -0.39 is 34.1 Å². The van der Waals surface area contributed by atoms with E-state index in [1.54, 1.807) is 18.7 Å². The smallest absolute Gasteiger partial charge is 0.349 e. The van der Waals surface area contributed by atoms with Gasteiger partial charge in [-0.1, -0.05) is 36.7 Å². The zero-order chi connectivity index (χ0) is 27.5. The maximum absolute atomic E-state index is 14.7. The van der Waals surface area contributed by atoms with E-state index in [2.05, 4.69) is 10.6 Å². The van der Waals surface area contributed by atoms with Gasteiger partial charge < -0.3 is 10.6 Å². The lowest BCUT2D eigenvalue weighted by atomic mass is 9.93. The van der Waals surface area contributed by atoms with E-state index in [4.69, 9.17) is 11.6 Å². The third-order valence-corrected chi connectivity index (χ3v) is 7.09. The van der Waals surface area contributed by atoms with Crippen molar-refractivity contribution in [2.24, 2.45) is 0 Å². The van der Waals surface area contributed by atoms with Gasteiger partial charge in [0, 0.05) is 23.0 Å². The second-order valence-electron chi connectivity index (χ2n) is 7.83. The van der Waals surface area contributed by atoms with Crippen LogP contribution in [0.2, 0.25) is 5.02 Å². The molecule has 0 heterocycles. The van der Waals surface area contributed by atoms with Crippen molar-refractivity contribution < 1.29 is 35.9 Å². The van der Waals surface area contributed by atoms with E-state index in [9.17, 15) is 35.9 Å². The maximum atomic E-state index is 14.7. The van der Waals surface area contributed by atoms with Gasteiger partial charge in [-0.2, -0.15) is 33.7 Å². The predicted molar refractivity (Wildman–Crippen MR) is 133 cm³/mol. The number of amides is 2. The molecule has 0 bridgehead atoms. The molecule has 0 radical (unpaired) electrons. The Morgan fingerprint density at radius 1 is 1.08 bits per heavy atom. The molecule has 2 aromatic rings. The first-order chi connectivity index (χ1) is 16.5. The number of hydrogen-bond donors (Lipinski definition) is 2. The fraction of sp³-hybridized carbons (Fsp3) is 0.391. The van der Waals surface area contributed by atoms with Crippen LogP contribution in [0.5, 0.6) is 0 Å². The third-order valence-electron chi connectivity index (χ3n) is 5.09. The molecular weight excluding hydrogens is 598 g/mol. The van der Waals surface area contributed by atoms with Gasteiger partial charge in [0.05, 0.1) is 16.1 Å². The molecule has 13 heteroatoms. The van der Waals surface area contributed by atoms with E-state index >= 15 is 0 Å². The van der Waals surface area contributed by atoms with Crippen molar-refractivity contribution in [2.45, 2.75) is 43.5 Å². The molecule has 0 spiro atoms. The number of thioether (sulfide) groups is 1. The second-order valence-corrected chi connectivity index (χ2v) is 10.6. The van der Waals surface area contributed by atoms with Gasteiger partial charge in [0.25, 0.3) is 11.8 Å². The van der Waals surface area contributed by atoms with Crippen LogP contribution in [0.3, 0.4) is 0 Å². The van der Waals surface area contributed by atoms with Crippen LogP contribution in [0.1, 0.15) is 45.7 Å². The minimum absolute atomic E-state index is 0.00509. The van der Waals surface area contributed by atoms with E-state index in [0.29, 0.717) is 17.9 Å². The molecule has 2 rings (SSSR count). The normalized spacial score (nSPS) is 14.6. The van der Waals surface area contributed by atoms with Crippen LogP contribution < -0.4 is 10.6 Å². The van der Waals surface area contributed by atoms with Crippen molar-refractivity contribution in [1.29, 1.82) is 0 Å². The molecule has 0 aromatic heterocycles. The van der Waals surface area contributed by atoms with Gasteiger partial charge in [-0.15, -0.1) is 0 Å². The lowest BCUT2D eigenvalue weighted by molar-refractivity contribution is -0.282. The van der Waals surface area contributed by atoms with Gasteiger partial charge in [-0.05, 0) is 59.3 Å². The topological polar surface area (TPSA) is 58.2 Å². The molecule has 0 fully saturated rings. The number of hydrogen-bond acceptors (Lipinski definition) is 3. The Labute approximate surface area is 221 Å². The summed E-state index contributed by atoms with van der Waals surface area (Å²) in [5.74, 6) is 0.0372. The van der Waals surface area contributed by atoms with Crippen LogP contribution in [0.4, 0.5) is 32.0 Å². The van der Waals surface area contributed by atoms with Crippen molar-refractivity contribution in [1.82, 2.24) is 5.32 Å². The highest BCUT2D eigenvalue weighted by Gasteiger charge is 2.71. The Balaban J connectivity index is 2.38. The fourth-order valence-electron chi connectivity index (χ4n) is 3.27. The summed E-state index contributed by atoms with van der Waals surface area (Å²) >= 11 is 9.28. The Morgan fingerprint density at radius 2 is 1.72 bits per heavy atom. The van der Waals surface area contributed by atoms with Gasteiger partial charge in [-0.3, -0.25) is 9.59 Å². The first-order valence-corrected chi connectivity index (χ1v) is 12.8. The predicted octanol–water partition coefficient (Wildman–Crippen LogP) is 7.49. The summed E-state index contributed by atoms with van der Waals surface area (Å²) in [7, 11) is 0. The molecule has 4 nitrogen and oxygen atoms in total. The first-order valence-electron chi connectivity index (χ1n) is 10.5. The largest absolute Gasteiger partial charge is 0.433 e. The van der Waals surface area contributed by atoms with Gasteiger partial charge in [0.15, 0.2) is 0 Å². The van der Waals surface area contributed by atoms with Crippen LogP contribution in [0.25, 0.3) is 0 Å². The summed E-state index contributed by atoms with van der Waals surface area (Å²) in [6.07, 6.45) is -5.94. The maximum Gasteiger partial charge on any atom is 0.433 e. The summed E-state index contributed by atoms with van der Waals surface area (Å²) in [4.78, 5) is 20.8. The van der Waals surface area contributed by atoms with Crippen LogP contribution in [0, 0.1) is 6.92 Å². The molecular formula is C23H22BrClF6N2O2S. The Bertz CT molecular complexity index is 1110. The van der Waals surface area contributed by atoms with Crippen LogP contribution in [0.15, 0.2) is 36.4 Å². The Kier molecular flexibility index (Phi) is 9.80. The third kappa shape index (κ3) is 6.49. The van der Waals surface area contributed by atoms with Crippen LogP contribution in [-0.4, -0.2) is 40.4 Å². The lowest BCUT2D eigenvalue weighted by Gasteiger charge is -2.32. The molecule has 0 aliphatic rings. The summed E-state index contributed by atoms with van der Waals surface area (Å²) in [6.45, 7) is 4.96. The minimum Gasteiger partial charge on any atom is -0.349 e. The van der Waals surface area contributed by atoms with Crippen molar-refractivity contribution >= 4 is 56.8 Å². The fourth-order valence-corrected chi connectivity index (χ4v) is 4.66. The molecule has 0 saturated carbocycles. The molecule has 2 N–H and O–H groups in total. The van der Waals surface area contributed by atoms with Crippen molar-refractivity contribution in [3.8, 4) is 0 Å². The first kappa shape index (κ1) is 30.3. The number of halogens is 8. The number of nitrogens with one attached hydrogen (secondary N) is 2. The monoisotopic (exact) mass is 618 g/mol. The van der Waals surface area contributed by atoms with Gasteiger partial charge >= 0.3 is 16.7 Å². The van der Waals surface area contributed by atoms with Crippen molar-refractivity contribution in [3.05, 3.63) is 63.7 Å². The highest BCUT2D eigenvalue weighted by molar-refractivity contribution is 9.10. The van der Waals surface area contributed by atoms with Gasteiger partial charge in [-0.25, -0.2) is 4.39 Å². The summed E-state index contributed by atoms with van der Waals surface area (Å²) in [5, 5.41) is 5.15. The van der Waals surface area contributed by atoms with Gasteiger partial charge in [0.2, 0.25) is 0 Å². The zero-order valence-corrected chi connectivity index (χ0v) is 22.4. The molecule has 0 aliphatic heterocycles. The number of anilines is 1. The number of carbonyl (C=O) groups excluding carboxylic acids is 2. The highest BCUT2D eigenvalue weighted by atomic mass is 79.9. The summed E-state index contributed by atoms with van der Waals surface area (Å²) in [5.41, 5.74) is -6.81. The molecule has 0 aliphatic carbocycles.